The number of hydrogen-bond acceptors (Lipinski definition) is 3. The van der Waals surface area contributed by atoms with Gasteiger partial charge in [-0.25, -0.2) is 4.79 Å². The van der Waals surface area contributed by atoms with Crippen molar-refractivity contribution in [3.8, 4) is 0 Å². The molecular formula is C18H24N2O2S. The summed E-state index contributed by atoms with van der Waals surface area (Å²) in [6.07, 6.45) is 5.28. The summed E-state index contributed by atoms with van der Waals surface area (Å²) >= 11 is 5.47. The third-order valence-corrected chi connectivity index (χ3v) is 5.35. The molecule has 1 aromatic carbocycles. The molecular weight excluding hydrogens is 308 g/mol. The third-order valence-electron chi connectivity index (χ3n) is 5.13. The van der Waals surface area contributed by atoms with Gasteiger partial charge in [0, 0.05) is 11.7 Å². The summed E-state index contributed by atoms with van der Waals surface area (Å²) in [5.41, 5.74) is 2.30. The Hall–Kier alpha value is -1.62. The number of thiocarbonyl (C=S) groups is 1. The highest BCUT2D eigenvalue weighted by Crippen LogP contribution is 2.44. The lowest BCUT2D eigenvalue weighted by atomic mass is 9.95. The summed E-state index contributed by atoms with van der Waals surface area (Å²) in [7, 11) is 0. The maximum atomic E-state index is 12.0. The van der Waals surface area contributed by atoms with E-state index in [0.717, 1.165) is 23.1 Å². The Morgan fingerprint density at radius 1 is 1.35 bits per heavy atom. The summed E-state index contributed by atoms with van der Waals surface area (Å²) in [6.45, 7) is 4.10. The van der Waals surface area contributed by atoms with E-state index in [4.69, 9.17) is 17.0 Å². The number of benzene rings is 1. The van der Waals surface area contributed by atoms with Crippen LogP contribution in [0.3, 0.4) is 0 Å². The van der Waals surface area contributed by atoms with E-state index in [1.54, 1.807) is 6.07 Å². The van der Waals surface area contributed by atoms with Gasteiger partial charge in [-0.15, -0.1) is 0 Å². The molecule has 0 aliphatic heterocycles. The highest BCUT2D eigenvalue weighted by Gasteiger charge is 2.39. The molecule has 2 N–H and O–H groups in total. The largest absolute Gasteiger partial charge is 0.462 e. The Morgan fingerprint density at radius 3 is 2.83 bits per heavy atom. The molecule has 5 heteroatoms. The molecule has 2 aliphatic rings. The number of ether oxygens (including phenoxy) is 1. The average molecular weight is 332 g/mol. The zero-order valence-electron chi connectivity index (χ0n) is 13.7. The van der Waals surface area contributed by atoms with Crippen molar-refractivity contribution in [2.24, 2.45) is 11.8 Å². The molecule has 2 aliphatic carbocycles. The van der Waals surface area contributed by atoms with Crippen molar-refractivity contribution in [2.45, 2.75) is 45.6 Å². The van der Waals surface area contributed by atoms with Crippen LogP contribution in [0.4, 0.5) is 5.69 Å². The second-order valence-corrected chi connectivity index (χ2v) is 6.99. The molecule has 23 heavy (non-hydrogen) atoms. The summed E-state index contributed by atoms with van der Waals surface area (Å²) in [5.74, 6) is 1.36. The molecule has 3 atom stereocenters. The van der Waals surface area contributed by atoms with Gasteiger partial charge in [0.25, 0.3) is 0 Å². The molecule has 0 aromatic heterocycles. The zero-order chi connectivity index (χ0) is 16.4. The Balaban J connectivity index is 1.64. The van der Waals surface area contributed by atoms with Crippen molar-refractivity contribution < 1.29 is 9.53 Å². The molecule has 0 heterocycles. The lowest BCUT2D eigenvalue weighted by molar-refractivity contribution is 0.0525. The van der Waals surface area contributed by atoms with E-state index in [1.165, 1.54) is 25.7 Å². The number of anilines is 1. The molecule has 0 radical (unpaired) electrons. The predicted octanol–water partition coefficient (Wildman–Crippen LogP) is 3.65. The number of hydrogen-bond donors (Lipinski definition) is 2. The van der Waals surface area contributed by atoms with Crippen LogP contribution in [0.2, 0.25) is 0 Å². The fraction of sp³-hybridized carbons (Fsp3) is 0.556. The van der Waals surface area contributed by atoms with Gasteiger partial charge in [-0.3, -0.25) is 0 Å². The lowest BCUT2D eigenvalue weighted by Gasteiger charge is -2.25. The number of esters is 1. The molecule has 2 bridgehead atoms. The smallest absolute Gasteiger partial charge is 0.338 e. The van der Waals surface area contributed by atoms with Gasteiger partial charge in [0.1, 0.15) is 0 Å². The molecule has 124 valence electrons. The van der Waals surface area contributed by atoms with Gasteiger partial charge in [0.2, 0.25) is 0 Å². The van der Waals surface area contributed by atoms with E-state index in [9.17, 15) is 4.79 Å². The van der Waals surface area contributed by atoms with Crippen LogP contribution in [0.25, 0.3) is 0 Å². The third kappa shape index (κ3) is 3.50. The average Bonchev–Trinajstić information content (AvgIpc) is 3.12. The van der Waals surface area contributed by atoms with E-state index in [-0.39, 0.29) is 5.97 Å². The molecule has 2 fully saturated rings. The van der Waals surface area contributed by atoms with Gasteiger partial charge in [0.05, 0.1) is 12.2 Å². The van der Waals surface area contributed by atoms with Crippen LogP contribution in [0.1, 0.15) is 48.5 Å². The number of nitrogens with one attached hydrogen (secondary N) is 2. The van der Waals surface area contributed by atoms with Gasteiger partial charge in [-0.05, 0) is 74.9 Å². The van der Waals surface area contributed by atoms with Gasteiger partial charge in [-0.1, -0.05) is 12.5 Å². The first kappa shape index (κ1) is 16.2. The Morgan fingerprint density at radius 2 is 2.17 bits per heavy atom. The number of carbonyl (C=O) groups is 1. The van der Waals surface area contributed by atoms with Crippen LogP contribution < -0.4 is 10.6 Å². The van der Waals surface area contributed by atoms with Crippen molar-refractivity contribution in [2.75, 3.05) is 11.9 Å². The number of carbonyl (C=O) groups excluding carboxylic acids is 1. The summed E-state index contributed by atoms with van der Waals surface area (Å²) in [6, 6.07) is 6.07. The molecule has 0 amide bonds. The van der Waals surface area contributed by atoms with E-state index >= 15 is 0 Å². The van der Waals surface area contributed by atoms with E-state index in [0.29, 0.717) is 23.3 Å². The standard InChI is InChI=1S/C18H24N2O2S/c1-3-22-17(21)14-5-4-6-15(11(14)2)19-18(23)20-16-10-12-7-8-13(16)9-12/h4-6,12-13,16H,3,7-10H2,1-2H3,(H2,19,20,23)/t12-,13-,16-/m0/s1. The van der Waals surface area contributed by atoms with E-state index < -0.39 is 0 Å². The molecule has 3 rings (SSSR count). The molecule has 2 saturated carbocycles. The second-order valence-electron chi connectivity index (χ2n) is 6.58. The minimum absolute atomic E-state index is 0.291. The number of fused-ring (bicyclic) bond motifs is 2. The first-order valence-corrected chi connectivity index (χ1v) is 8.83. The monoisotopic (exact) mass is 332 g/mol. The van der Waals surface area contributed by atoms with E-state index in [1.807, 2.05) is 26.0 Å². The van der Waals surface area contributed by atoms with E-state index in [2.05, 4.69) is 10.6 Å². The lowest BCUT2D eigenvalue weighted by Crippen LogP contribution is -2.40. The predicted molar refractivity (Wildman–Crippen MR) is 95.7 cm³/mol. The normalized spacial score (nSPS) is 25.2. The highest BCUT2D eigenvalue weighted by molar-refractivity contribution is 7.80. The van der Waals surface area contributed by atoms with Gasteiger partial charge < -0.3 is 15.4 Å². The van der Waals surface area contributed by atoms with Crippen LogP contribution in [0, 0.1) is 18.8 Å². The second kappa shape index (κ2) is 6.87. The first-order chi connectivity index (χ1) is 11.1. The number of rotatable bonds is 4. The highest BCUT2D eigenvalue weighted by atomic mass is 32.1. The minimum Gasteiger partial charge on any atom is -0.462 e. The molecule has 0 spiro atoms. The molecule has 1 aromatic rings. The molecule has 4 nitrogen and oxygen atoms in total. The zero-order valence-corrected chi connectivity index (χ0v) is 14.5. The van der Waals surface area contributed by atoms with Crippen LogP contribution in [0.15, 0.2) is 18.2 Å². The summed E-state index contributed by atoms with van der Waals surface area (Å²) < 4.78 is 5.09. The van der Waals surface area contributed by atoms with Crippen LogP contribution in [-0.4, -0.2) is 23.7 Å². The maximum absolute atomic E-state index is 12.0. The summed E-state index contributed by atoms with van der Waals surface area (Å²) in [5, 5.41) is 7.36. The molecule has 0 unspecified atom stereocenters. The molecule has 0 saturated heterocycles. The minimum atomic E-state index is -0.291. The van der Waals surface area contributed by atoms with Crippen LogP contribution >= 0.6 is 12.2 Å². The first-order valence-electron chi connectivity index (χ1n) is 8.42. The SMILES string of the molecule is CCOC(=O)c1cccc(NC(=S)N[C@H]2C[C@H]3CC[C@H]2C3)c1C. The van der Waals surface area contributed by atoms with Crippen molar-refractivity contribution in [3.63, 3.8) is 0 Å². The topological polar surface area (TPSA) is 50.4 Å². The summed E-state index contributed by atoms with van der Waals surface area (Å²) in [4.78, 5) is 12.0. The fourth-order valence-corrected chi connectivity index (χ4v) is 4.21. The van der Waals surface area contributed by atoms with Crippen molar-refractivity contribution in [3.05, 3.63) is 29.3 Å². The van der Waals surface area contributed by atoms with Gasteiger partial charge in [-0.2, -0.15) is 0 Å². The van der Waals surface area contributed by atoms with Crippen molar-refractivity contribution in [1.29, 1.82) is 0 Å². The Kier molecular flexibility index (Phi) is 4.85. The Bertz CT molecular complexity index is 617. The maximum Gasteiger partial charge on any atom is 0.338 e. The van der Waals surface area contributed by atoms with Crippen molar-refractivity contribution in [1.82, 2.24) is 5.32 Å². The van der Waals surface area contributed by atoms with Crippen LogP contribution in [0.5, 0.6) is 0 Å². The quantitative estimate of drug-likeness (QED) is 0.651. The van der Waals surface area contributed by atoms with Crippen LogP contribution in [-0.2, 0) is 4.74 Å². The van der Waals surface area contributed by atoms with Crippen molar-refractivity contribution >= 4 is 29.0 Å². The fourth-order valence-electron chi connectivity index (χ4n) is 3.95. The van der Waals surface area contributed by atoms with Gasteiger partial charge in [0.15, 0.2) is 5.11 Å². The van der Waals surface area contributed by atoms with Gasteiger partial charge >= 0.3 is 5.97 Å². The Labute approximate surface area is 143 Å².